The van der Waals surface area contributed by atoms with Gasteiger partial charge in [0.15, 0.2) is 0 Å². The molecular formula is C15H23NO. The maximum Gasteiger partial charge on any atom is 0.127 e. The van der Waals surface area contributed by atoms with E-state index in [1.165, 1.54) is 24.0 Å². The molecule has 0 fully saturated rings. The summed E-state index contributed by atoms with van der Waals surface area (Å²) in [5, 5.41) is 3.64. The van der Waals surface area contributed by atoms with Crippen molar-refractivity contribution < 1.29 is 4.74 Å². The van der Waals surface area contributed by atoms with Crippen LogP contribution in [0.15, 0.2) is 18.2 Å². The maximum atomic E-state index is 5.94. The number of benzene rings is 1. The average molecular weight is 233 g/mol. The highest BCUT2D eigenvalue weighted by Crippen LogP contribution is 2.34. The van der Waals surface area contributed by atoms with Crippen molar-refractivity contribution in [2.24, 2.45) is 0 Å². The number of hydrogen-bond donors (Lipinski definition) is 1. The molecule has 1 heterocycles. The van der Waals surface area contributed by atoms with Crippen LogP contribution in [0.2, 0.25) is 0 Å². The van der Waals surface area contributed by atoms with E-state index in [0.717, 1.165) is 31.7 Å². The Hall–Kier alpha value is -1.02. The topological polar surface area (TPSA) is 21.3 Å². The Bertz CT molecular complexity index is 362. The normalized spacial score (nSPS) is 19.3. The molecule has 1 aromatic carbocycles. The molecule has 0 bridgehead atoms. The summed E-state index contributed by atoms with van der Waals surface area (Å²) in [6.45, 7) is 6.34. The molecule has 1 unspecified atom stereocenters. The summed E-state index contributed by atoms with van der Waals surface area (Å²) in [5.74, 6) is 1.14. The first-order chi connectivity index (χ1) is 8.36. The Labute approximate surface area is 104 Å². The fraction of sp³-hybridized carbons (Fsp3) is 0.600. The number of fused-ring (bicyclic) bond motifs is 1. The fourth-order valence-corrected chi connectivity index (χ4v) is 2.48. The number of rotatable bonds is 4. The van der Waals surface area contributed by atoms with Gasteiger partial charge in [0.2, 0.25) is 0 Å². The highest BCUT2D eigenvalue weighted by molar-refractivity contribution is 5.44. The van der Waals surface area contributed by atoms with Gasteiger partial charge in [-0.1, -0.05) is 32.0 Å². The third kappa shape index (κ3) is 2.81. The van der Waals surface area contributed by atoms with Crippen LogP contribution in [-0.2, 0) is 6.42 Å². The standard InChI is InChI=1S/C15H23NO/c1-3-10-16-14-9-6-11-17-15-12(4-2)7-5-8-13(14)15/h5,7-8,14,16H,3-4,6,9-11H2,1-2H3. The minimum atomic E-state index is 0.471. The monoisotopic (exact) mass is 233 g/mol. The summed E-state index contributed by atoms with van der Waals surface area (Å²) in [6.07, 6.45) is 4.54. The average Bonchev–Trinajstić information content (AvgIpc) is 2.58. The molecule has 0 radical (unpaired) electrons. The minimum Gasteiger partial charge on any atom is -0.493 e. The van der Waals surface area contributed by atoms with E-state index >= 15 is 0 Å². The molecule has 2 nitrogen and oxygen atoms in total. The second-order valence-corrected chi connectivity index (χ2v) is 4.69. The van der Waals surface area contributed by atoms with Crippen molar-refractivity contribution in [3.05, 3.63) is 29.3 Å². The fourth-order valence-electron chi connectivity index (χ4n) is 2.48. The molecule has 2 rings (SSSR count). The van der Waals surface area contributed by atoms with Crippen LogP contribution in [0, 0.1) is 0 Å². The van der Waals surface area contributed by atoms with Crippen molar-refractivity contribution >= 4 is 0 Å². The van der Waals surface area contributed by atoms with Crippen LogP contribution in [-0.4, -0.2) is 13.2 Å². The Balaban J connectivity index is 2.28. The van der Waals surface area contributed by atoms with E-state index in [1.54, 1.807) is 0 Å². The van der Waals surface area contributed by atoms with Gasteiger partial charge < -0.3 is 10.1 Å². The minimum absolute atomic E-state index is 0.471. The molecule has 2 heteroatoms. The Morgan fingerprint density at radius 1 is 1.35 bits per heavy atom. The number of nitrogens with one attached hydrogen (secondary N) is 1. The highest BCUT2D eigenvalue weighted by atomic mass is 16.5. The Morgan fingerprint density at radius 3 is 3.00 bits per heavy atom. The van der Waals surface area contributed by atoms with Gasteiger partial charge in [-0.05, 0) is 37.8 Å². The van der Waals surface area contributed by atoms with Gasteiger partial charge in [0.05, 0.1) is 6.61 Å². The predicted molar refractivity (Wildman–Crippen MR) is 71.6 cm³/mol. The molecular weight excluding hydrogens is 210 g/mol. The lowest BCUT2D eigenvalue weighted by Crippen LogP contribution is -2.21. The smallest absolute Gasteiger partial charge is 0.127 e. The molecule has 1 aliphatic rings. The van der Waals surface area contributed by atoms with E-state index in [0.29, 0.717) is 6.04 Å². The summed E-state index contributed by atoms with van der Waals surface area (Å²) < 4.78 is 5.94. The summed E-state index contributed by atoms with van der Waals surface area (Å²) in [6, 6.07) is 7.03. The van der Waals surface area contributed by atoms with Crippen LogP contribution >= 0.6 is 0 Å². The zero-order valence-electron chi connectivity index (χ0n) is 11.0. The molecule has 0 amide bonds. The molecule has 1 atom stereocenters. The van der Waals surface area contributed by atoms with Gasteiger partial charge in [0.1, 0.15) is 5.75 Å². The van der Waals surface area contributed by atoms with Gasteiger partial charge in [-0.2, -0.15) is 0 Å². The molecule has 0 saturated carbocycles. The van der Waals surface area contributed by atoms with Crippen LogP contribution in [0.3, 0.4) is 0 Å². The first kappa shape index (κ1) is 12.4. The maximum absolute atomic E-state index is 5.94. The van der Waals surface area contributed by atoms with Gasteiger partial charge in [0, 0.05) is 11.6 Å². The lowest BCUT2D eigenvalue weighted by atomic mass is 9.98. The van der Waals surface area contributed by atoms with Crippen molar-refractivity contribution in [1.29, 1.82) is 0 Å². The molecule has 0 aromatic heterocycles. The highest BCUT2D eigenvalue weighted by Gasteiger charge is 2.20. The first-order valence-electron chi connectivity index (χ1n) is 6.84. The summed E-state index contributed by atoms with van der Waals surface area (Å²) in [7, 11) is 0. The van der Waals surface area contributed by atoms with Gasteiger partial charge >= 0.3 is 0 Å². The second-order valence-electron chi connectivity index (χ2n) is 4.69. The first-order valence-corrected chi connectivity index (χ1v) is 6.84. The zero-order valence-corrected chi connectivity index (χ0v) is 11.0. The summed E-state index contributed by atoms with van der Waals surface area (Å²) in [4.78, 5) is 0. The SMILES string of the molecule is CCCNC1CCCOc2c(CC)cccc21. The van der Waals surface area contributed by atoms with E-state index in [-0.39, 0.29) is 0 Å². The number of aryl methyl sites for hydroxylation is 1. The molecule has 0 aliphatic carbocycles. The van der Waals surface area contributed by atoms with Crippen LogP contribution in [0.4, 0.5) is 0 Å². The second kappa shape index (κ2) is 6.06. The summed E-state index contributed by atoms with van der Waals surface area (Å²) >= 11 is 0. The molecule has 17 heavy (non-hydrogen) atoms. The number of para-hydroxylation sites is 1. The molecule has 0 spiro atoms. The third-order valence-electron chi connectivity index (χ3n) is 3.41. The lowest BCUT2D eigenvalue weighted by molar-refractivity contribution is 0.312. The Morgan fingerprint density at radius 2 is 2.24 bits per heavy atom. The largest absolute Gasteiger partial charge is 0.493 e. The van der Waals surface area contributed by atoms with E-state index in [1.807, 2.05) is 0 Å². The van der Waals surface area contributed by atoms with Gasteiger partial charge in [-0.3, -0.25) is 0 Å². The van der Waals surface area contributed by atoms with E-state index in [9.17, 15) is 0 Å². The van der Waals surface area contributed by atoms with Crippen molar-refractivity contribution in [3.8, 4) is 5.75 Å². The van der Waals surface area contributed by atoms with Gasteiger partial charge in [-0.25, -0.2) is 0 Å². The quantitative estimate of drug-likeness (QED) is 0.860. The molecule has 0 saturated heterocycles. The number of hydrogen-bond acceptors (Lipinski definition) is 2. The molecule has 1 aliphatic heterocycles. The number of ether oxygens (including phenoxy) is 1. The zero-order chi connectivity index (χ0) is 12.1. The Kier molecular flexibility index (Phi) is 4.43. The van der Waals surface area contributed by atoms with Gasteiger partial charge in [0.25, 0.3) is 0 Å². The van der Waals surface area contributed by atoms with Crippen LogP contribution < -0.4 is 10.1 Å². The van der Waals surface area contributed by atoms with Crippen LogP contribution in [0.25, 0.3) is 0 Å². The van der Waals surface area contributed by atoms with E-state index < -0.39 is 0 Å². The van der Waals surface area contributed by atoms with Crippen molar-refractivity contribution in [3.63, 3.8) is 0 Å². The van der Waals surface area contributed by atoms with Crippen LogP contribution in [0.1, 0.15) is 50.3 Å². The molecule has 1 N–H and O–H groups in total. The third-order valence-corrected chi connectivity index (χ3v) is 3.41. The van der Waals surface area contributed by atoms with Crippen molar-refractivity contribution in [1.82, 2.24) is 5.32 Å². The molecule has 94 valence electrons. The van der Waals surface area contributed by atoms with Crippen molar-refractivity contribution in [2.45, 2.75) is 45.6 Å². The van der Waals surface area contributed by atoms with E-state index in [4.69, 9.17) is 4.74 Å². The van der Waals surface area contributed by atoms with Crippen LogP contribution in [0.5, 0.6) is 5.75 Å². The van der Waals surface area contributed by atoms with Gasteiger partial charge in [-0.15, -0.1) is 0 Å². The van der Waals surface area contributed by atoms with Crippen molar-refractivity contribution in [2.75, 3.05) is 13.2 Å². The summed E-state index contributed by atoms with van der Waals surface area (Å²) in [5.41, 5.74) is 2.70. The lowest BCUT2D eigenvalue weighted by Gasteiger charge is -2.19. The predicted octanol–water partition coefficient (Wildman–Crippen LogP) is 3.46. The molecule has 1 aromatic rings. The van der Waals surface area contributed by atoms with E-state index in [2.05, 4.69) is 37.4 Å².